The molecule has 0 radical (unpaired) electrons. The Labute approximate surface area is 239 Å². The van der Waals surface area contributed by atoms with Crippen molar-refractivity contribution >= 4 is 31.8 Å². The fourth-order valence-corrected chi connectivity index (χ4v) is 3.67. The number of nitrogens with two attached hydrogens (primary N) is 1. The Morgan fingerprint density at radius 3 is 2.50 bits per heavy atom. The van der Waals surface area contributed by atoms with Crippen molar-refractivity contribution < 1.29 is 58.8 Å². The molecular formula is C25H16ClF2N4O5Y. The van der Waals surface area contributed by atoms with Crippen LogP contribution in [0.1, 0.15) is 10.4 Å². The molecule has 9 nitrogen and oxygen atoms in total. The molecule has 13 heteroatoms. The molecule has 2 aromatic carbocycles. The van der Waals surface area contributed by atoms with Gasteiger partial charge in [0.1, 0.15) is 10.8 Å². The number of rotatable bonds is 7. The summed E-state index contributed by atoms with van der Waals surface area (Å²) in [5, 5.41) is 2.48. The van der Waals surface area contributed by atoms with E-state index in [2.05, 4.69) is 10.3 Å². The van der Waals surface area contributed by atoms with Crippen LogP contribution in [0.2, 0.25) is 5.02 Å². The van der Waals surface area contributed by atoms with Crippen molar-refractivity contribution in [1.82, 2.24) is 9.55 Å². The van der Waals surface area contributed by atoms with E-state index in [4.69, 9.17) is 26.8 Å². The molecule has 0 aliphatic carbocycles. The van der Waals surface area contributed by atoms with Crippen molar-refractivity contribution in [2.45, 2.75) is 6.73 Å². The van der Waals surface area contributed by atoms with E-state index in [1.54, 1.807) is 0 Å². The van der Waals surface area contributed by atoms with Crippen LogP contribution in [0.15, 0.2) is 71.9 Å². The molecule has 0 atom stereocenters. The summed E-state index contributed by atoms with van der Waals surface area (Å²) in [6, 6.07) is 10.1. The summed E-state index contributed by atoms with van der Waals surface area (Å²) in [4.78, 5) is 41.3. The summed E-state index contributed by atoms with van der Waals surface area (Å²) in [7, 11) is 0. The topological polar surface area (TPSA) is 126 Å². The zero-order valence-electron chi connectivity index (χ0n) is 19.3. The van der Waals surface area contributed by atoms with Gasteiger partial charge in [0, 0.05) is 12.3 Å². The van der Waals surface area contributed by atoms with Crippen molar-refractivity contribution in [3.05, 3.63) is 99.6 Å². The third kappa shape index (κ3) is 6.42. The number of benzene rings is 2. The molecule has 3 N–H and O–H groups in total. The number of ether oxygens (including phenoxy) is 2. The first-order valence-electron chi connectivity index (χ1n) is 10.7. The molecule has 0 aliphatic rings. The van der Waals surface area contributed by atoms with Crippen LogP contribution in [0.25, 0.3) is 11.1 Å². The Bertz CT molecular complexity index is 1600. The number of carbonyl (C=O) groups excluding carboxylic acids is 2. The van der Waals surface area contributed by atoms with E-state index >= 15 is 0 Å². The van der Waals surface area contributed by atoms with Crippen molar-refractivity contribution in [2.24, 2.45) is 0 Å². The smallest absolute Gasteiger partial charge is 0.0762 e. The molecule has 0 fully saturated rings. The van der Waals surface area contributed by atoms with Gasteiger partial charge in [-0.3, -0.25) is 0 Å². The number of nitrogen functional groups attached to an aromatic ring is 1. The second-order valence-corrected chi connectivity index (χ2v) is 9.27. The van der Waals surface area contributed by atoms with Gasteiger partial charge < -0.3 is 10.5 Å². The molecule has 4 rings (SSSR count). The molecule has 0 saturated carbocycles. The first-order valence-corrected chi connectivity index (χ1v) is 12.5. The quantitative estimate of drug-likeness (QED) is 0.296. The van der Waals surface area contributed by atoms with Crippen molar-refractivity contribution in [2.75, 3.05) is 11.1 Å². The summed E-state index contributed by atoms with van der Waals surface area (Å²) < 4.78 is 39.5. The van der Waals surface area contributed by atoms with Crippen LogP contribution in [-0.4, -0.2) is 18.2 Å². The van der Waals surface area contributed by atoms with Gasteiger partial charge in [0.05, 0.1) is 0 Å². The minimum Gasteiger partial charge on any atom is -0.0762 e. The van der Waals surface area contributed by atoms with Crippen LogP contribution in [0, 0.1) is 11.6 Å². The van der Waals surface area contributed by atoms with E-state index in [1.807, 2.05) is 0 Å². The normalized spacial score (nSPS) is 10.6. The monoisotopic (exact) mass is 614 g/mol. The number of hydrogen-bond donors (Lipinski definition) is 2. The predicted octanol–water partition coefficient (Wildman–Crippen LogP) is 5.11. The average molecular weight is 615 g/mol. The number of halogens is 3. The van der Waals surface area contributed by atoms with E-state index in [0.717, 1.165) is 6.07 Å². The van der Waals surface area contributed by atoms with Gasteiger partial charge in [-0.15, -0.1) is 0 Å². The molecule has 190 valence electrons. The maximum atomic E-state index is 14.8. The summed E-state index contributed by atoms with van der Waals surface area (Å²) in [6.07, 6.45) is 3.94. The Morgan fingerprint density at radius 2 is 1.82 bits per heavy atom. The maximum absolute atomic E-state index is 14.8. The van der Waals surface area contributed by atoms with Crippen LogP contribution < -0.4 is 21.2 Å². The van der Waals surface area contributed by atoms with Crippen molar-refractivity contribution in [3.8, 4) is 22.6 Å². The van der Waals surface area contributed by atoms with Crippen molar-refractivity contribution in [3.63, 3.8) is 0 Å². The van der Waals surface area contributed by atoms with E-state index in [1.165, 1.54) is 65.6 Å². The molecule has 1 amide bonds. The van der Waals surface area contributed by atoms with Crippen molar-refractivity contribution in [1.29, 1.82) is 0 Å². The number of nitrogens with one attached hydrogen (secondary N) is 1. The summed E-state index contributed by atoms with van der Waals surface area (Å²) >= 11 is 6.24. The fraction of sp³-hybridized carbons (Fsp3) is 0.0400. The van der Waals surface area contributed by atoms with Gasteiger partial charge in [-0.2, -0.15) is 0 Å². The molecule has 0 spiro atoms. The van der Waals surface area contributed by atoms with E-state index < -0.39 is 25.8 Å². The Hall–Kier alpha value is -3.67. The third-order valence-corrected chi connectivity index (χ3v) is 5.91. The number of amides is 1. The van der Waals surface area contributed by atoms with Gasteiger partial charge in [0.25, 0.3) is 0 Å². The minimum atomic E-state index is -0.845. The van der Waals surface area contributed by atoms with Gasteiger partial charge in [-0.1, -0.05) is 11.6 Å². The average Bonchev–Trinajstić information content (AvgIpc) is 2.88. The molecule has 2 heterocycles. The Morgan fingerprint density at radius 1 is 1.08 bits per heavy atom. The molecule has 0 aliphatic heterocycles. The molecule has 0 saturated heterocycles. The van der Waals surface area contributed by atoms with Crippen LogP contribution in [0.4, 0.5) is 25.1 Å². The van der Waals surface area contributed by atoms with E-state index in [-0.39, 0.29) is 76.8 Å². The second kappa shape index (κ2) is 11.8. The molecule has 2 aromatic heterocycles. The summed E-state index contributed by atoms with van der Waals surface area (Å²) in [6.45, 7) is -0.252. The number of aromatic nitrogens is 2. The summed E-state index contributed by atoms with van der Waals surface area (Å²) in [5.74, 6) is -2.27. The van der Waals surface area contributed by atoms with Gasteiger partial charge in [0.2, 0.25) is 0 Å². The SMILES string of the molecule is Nc1nccc(Oc2ccc(NC(=O)c3cn(CO[C](=O)[Y])cc(-c4ccc(F)cc4)c3=O)cc2F)c1Cl. The minimum absolute atomic E-state index is 0.0116. The van der Waals surface area contributed by atoms with E-state index in [9.17, 15) is 23.2 Å². The van der Waals surface area contributed by atoms with Gasteiger partial charge in [0.15, 0.2) is 5.75 Å². The third-order valence-electron chi connectivity index (χ3n) is 5.13. The van der Waals surface area contributed by atoms with Crippen LogP contribution in [0.5, 0.6) is 11.5 Å². The first-order chi connectivity index (χ1) is 18.1. The number of pyridine rings is 2. The molecule has 38 heavy (non-hydrogen) atoms. The molecule has 0 bridgehead atoms. The number of hydrogen-bond acceptors (Lipinski definition) is 7. The Kier molecular flexibility index (Phi) is 8.50. The Balaban J connectivity index is 1.63. The van der Waals surface area contributed by atoms with Gasteiger partial charge in [-0.25, -0.2) is 4.98 Å². The fourth-order valence-electron chi connectivity index (χ4n) is 3.34. The molecular weight excluding hydrogens is 599 g/mol. The molecule has 0 unspecified atom stereocenters. The number of carbonyl (C=O) groups is 2. The summed E-state index contributed by atoms with van der Waals surface area (Å²) in [5.41, 5.74) is 5.11. The predicted molar refractivity (Wildman–Crippen MR) is 131 cm³/mol. The number of nitrogens with zero attached hydrogens (tertiary/aromatic N) is 2. The number of anilines is 2. The standard InChI is InChI=1S/C25H16ClF2N4O5.Y/c26-22-21(7-8-30-24(22)29)37-20-6-5-16(9-19(20)28)31-25(35)18-11-32(12-36-13-33)10-17(23(18)34)14-1-3-15(27)4-2-14;/h1-11H,12H2,(H2,29,30)(H,31,35);. The van der Waals surface area contributed by atoms with Crippen LogP contribution in [0.3, 0.4) is 0 Å². The first kappa shape index (κ1) is 27.4. The van der Waals surface area contributed by atoms with Crippen LogP contribution >= 0.6 is 11.6 Å². The zero-order valence-corrected chi connectivity index (χ0v) is 22.9. The zero-order chi connectivity index (χ0) is 27.4. The van der Waals surface area contributed by atoms with Gasteiger partial charge in [-0.05, 0) is 0 Å². The van der Waals surface area contributed by atoms with Crippen LogP contribution in [-0.2, 0) is 42.4 Å². The van der Waals surface area contributed by atoms with E-state index in [0.29, 0.717) is 5.56 Å². The van der Waals surface area contributed by atoms with Gasteiger partial charge >= 0.3 is 184 Å². The second-order valence-electron chi connectivity index (χ2n) is 7.74. The molecule has 4 aromatic rings.